The van der Waals surface area contributed by atoms with E-state index in [0.717, 1.165) is 39.2 Å². The van der Waals surface area contributed by atoms with Gasteiger partial charge in [0, 0.05) is 10.9 Å². The molecule has 0 aliphatic heterocycles. The smallest absolute Gasteiger partial charge is 0.153 e. The summed E-state index contributed by atoms with van der Waals surface area (Å²) >= 11 is 3.43. The van der Waals surface area contributed by atoms with Crippen LogP contribution in [-0.2, 0) is 6.42 Å². The molecule has 3 N–H and O–H groups in total. The van der Waals surface area contributed by atoms with E-state index in [4.69, 9.17) is 10.2 Å². The summed E-state index contributed by atoms with van der Waals surface area (Å²) in [6, 6.07) is 11.9. The van der Waals surface area contributed by atoms with Gasteiger partial charge in [-0.25, -0.2) is 0 Å². The molecule has 2 aromatic heterocycles. The summed E-state index contributed by atoms with van der Waals surface area (Å²) in [5.41, 5.74) is 8.68. The van der Waals surface area contributed by atoms with Crippen molar-refractivity contribution in [1.29, 1.82) is 0 Å². The summed E-state index contributed by atoms with van der Waals surface area (Å²) in [4.78, 5) is 0. The fourth-order valence-electron chi connectivity index (χ4n) is 2.15. The molecule has 0 amide bonds. The zero-order chi connectivity index (χ0) is 14.1. The van der Waals surface area contributed by atoms with Crippen molar-refractivity contribution in [3.63, 3.8) is 0 Å². The molecule has 2 heterocycles. The molecule has 0 radical (unpaired) electrons. The van der Waals surface area contributed by atoms with Crippen LogP contribution < -0.4 is 5.73 Å². The maximum atomic E-state index is 5.99. The molecule has 0 atom stereocenters. The van der Waals surface area contributed by atoms with E-state index in [1.54, 1.807) is 0 Å². The van der Waals surface area contributed by atoms with Gasteiger partial charge in [0.2, 0.25) is 0 Å². The number of nitrogens with one attached hydrogen (secondary N) is 1. The molecule has 0 unspecified atom stereocenters. The lowest BCUT2D eigenvalue weighted by Gasteiger charge is -2.03. The van der Waals surface area contributed by atoms with Crippen molar-refractivity contribution in [2.24, 2.45) is 0 Å². The predicted octanol–water partition coefficient (Wildman–Crippen LogP) is 4.24. The van der Waals surface area contributed by atoms with Crippen LogP contribution in [-0.4, -0.2) is 10.2 Å². The van der Waals surface area contributed by atoms with Gasteiger partial charge in [0.15, 0.2) is 11.6 Å². The van der Waals surface area contributed by atoms with Crippen LogP contribution in [0.3, 0.4) is 0 Å². The Kier molecular flexibility index (Phi) is 3.36. The highest BCUT2D eigenvalue weighted by Crippen LogP contribution is 2.35. The Morgan fingerprint density at radius 3 is 2.60 bits per heavy atom. The summed E-state index contributed by atoms with van der Waals surface area (Å²) in [6.07, 6.45) is 0.858. The number of halogens is 1. The largest absolute Gasteiger partial charge is 0.459 e. The molecule has 20 heavy (non-hydrogen) atoms. The monoisotopic (exact) mass is 331 g/mol. The van der Waals surface area contributed by atoms with Gasteiger partial charge in [-0.15, -0.1) is 0 Å². The van der Waals surface area contributed by atoms with Crippen LogP contribution in [0.2, 0.25) is 0 Å². The van der Waals surface area contributed by atoms with Gasteiger partial charge in [-0.2, -0.15) is 5.10 Å². The maximum absolute atomic E-state index is 5.99. The molecular weight excluding hydrogens is 318 g/mol. The summed E-state index contributed by atoms with van der Waals surface area (Å²) in [5, 5.41) is 7.07. The van der Waals surface area contributed by atoms with Crippen molar-refractivity contribution in [2.45, 2.75) is 13.3 Å². The molecule has 1 aromatic carbocycles. The first-order valence-electron chi connectivity index (χ1n) is 6.38. The summed E-state index contributed by atoms with van der Waals surface area (Å²) in [7, 11) is 0. The zero-order valence-electron chi connectivity index (χ0n) is 11.0. The first-order valence-corrected chi connectivity index (χ1v) is 7.17. The Morgan fingerprint density at radius 2 is 1.95 bits per heavy atom. The Bertz CT molecular complexity index is 728. The Labute approximate surface area is 125 Å². The van der Waals surface area contributed by atoms with E-state index >= 15 is 0 Å². The second-order valence-electron chi connectivity index (χ2n) is 4.49. The van der Waals surface area contributed by atoms with Crippen LogP contribution in [0.4, 0.5) is 5.82 Å². The number of hydrogen-bond donors (Lipinski definition) is 2. The van der Waals surface area contributed by atoms with Crippen LogP contribution in [0.25, 0.3) is 22.6 Å². The van der Waals surface area contributed by atoms with Crippen molar-refractivity contribution < 1.29 is 4.42 Å². The molecular formula is C15H14BrN3O. The van der Waals surface area contributed by atoms with E-state index in [9.17, 15) is 0 Å². The van der Waals surface area contributed by atoms with Crippen molar-refractivity contribution >= 4 is 21.7 Å². The van der Waals surface area contributed by atoms with E-state index < -0.39 is 0 Å². The topological polar surface area (TPSA) is 67.8 Å². The van der Waals surface area contributed by atoms with Gasteiger partial charge in [0.05, 0.1) is 5.56 Å². The third-order valence-corrected chi connectivity index (χ3v) is 3.71. The van der Waals surface area contributed by atoms with Gasteiger partial charge in [0.1, 0.15) is 11.5 Å². The van der Waals surface area contributed by atoms with Crippen LogP contribution in [0.5, 0.6) is 0 Å². The Hall–Kier alpha value is -2.01. The fourth-order valence-corrected chi connectivity index (χ4v) is 2.41. The standard InChI is InChI=1S/C15H14BrN3O/c1-2-11-7-8-12(20-11)14-13(15(17)19-18-14)9-3-5-10(16)6-4-9/h3-8H,2H2,1H3,(H3,17,18,19). The molecule has 0 saturated heterocycles. The van der Waals surface area contributed by atoms with Gasteiger partial charge in [-0.3, -0.25) is 5.10 Å². The van der Waals surface area contributed by atoms with Gasteiger partial charge in [0.25, 0.3) is 0 Å². The quantitative estimate of drug-likeness (QED) is 0.754. The number of aryl methyl sites for hydroxylation is 1. The van der Waals surface area contributed by atoms with Gasteiger partial charge in [-0.1, -0.05) is 35.0 Å². The molecule has 0 bridgehead atoms. The normalized spacial score (nSPS) is 10.9. The molecule has 102 valence electrons. The molecule has 3 rings (SSSR count). The van der Waals surface area contributed by atoms with Gasteiger partial charge in [-0.05, 0) is 29.8 Å². The number of benzene rings is 1. The van der Waals surface area contributed by atoms with Crippen molar-refractivity contribution in [2.75, 3.05) is 5.73 Å². The van der Waals surface area contributed by atoms with E-state index in [1.165, 1.54) is 0 Å². The third-order valence-electron chi connectivity index (χ3n) is 3.18. The van der Waals surface area contributed by atoms with Gasteiger partial charge < -0.3 is 10.2 Å². The second-order valence-corrected chi connectivity index (χ2v) is 5.40. The number of furan rings is 1. The number of aromatic amines is 1. The zero-order valence-corrected chi connectivity index (χ0v) is 12.6. The molecule has 0 spiro atoms. The lowest BCUT2D eigenvalue weighted by molar-refractivity contribution is 0.527. The first kappa shape index (κ1) is 13.0. The van der Waals surface area contributed by atoms with Crippen LogP contribution in [0.1, 0.15) is 12.7 Å². The van der Waals surface area contributed by atoms with Crippen LogP contribution >= 0.6 is 15.9 Å². The number of nitrogens with two attached hydrogens (primary N) is 1. The third kappa shape index (κ3) is 2.25. The molecule has 3 aromatic rings. The van der Waals surface area contributed by atoms with E-state index in [0.29, 0.717) is 5.82 Å². The minimum atomic E-state index is 0.469. The van der Waals surface area contributed by atoms with Crippen LogP contribution in [0, 0.1) is 0 Å². The average molecular weight is 332 g/mol. The van der Waals surface area contributed by atoms with Crippen molar-refractivity contribution in [3.8, 4) is 22.6 Å². The van der Waals surface area contributed by atoms with Crippen LogP contribution in [0.15, 0.2) is 45.3 Å². The minimum Gasteiger partial charge on any atom is -0.459 e. The molecule has 5 heteroatoms. The lowest BCUT2D eigenvalue weighted by Crippen LogP contribution is -1.88. The van der Waals surface area contributed by atoms with E-state index in [2.05, 4.69) is 33.1 Å². The second kappa shape index (κ2) is 5.17. The first-order chi connectivity index (χ1) is 9.69. The highest BCUT2D eigenvalue weighted by Gasteiger charge is 2.17. The molecule has 0 aliphatic carbocycles. The fraction of sp³-hybridized carbons (Fsp3) is 0.133. The maximum Gasteiger partial charge on any atom is 0.153 e. The molecule has 0 saturated carbocycles. The number of H-pyrrole nitrogens is 1. The molecule has 0 fully saturated rings. The Morgan fingerprint density at radius 1 is 1.20 bits per heavy atom. The number of anilines is 1. The van der Waals surface area contributed by atoms with Gasteiger partial charge >= 0.3 is 0 Å². The number of hydrogen-bond acceptors (Lipinski definition) is 3. The lowest BCUT2D eigenvalue weighted by atomic mass is 10.0. The number of aromatic nitrogens is 2. The summed E-state index contributed by atoms with van der Waals surface area (Å²) in [5.74, 6) is 2.16. The van der Waals surface area contributed by atoms with Crippen molar-refractivity contribution in [1.82, 2.24) is 10.2 Å². The summed E-state index contributed by atoms with van der Waals surface area (Å²) in [6.45, 7) is 2.06. The summed E-state index contributed by atoms with van der Waals surface area (Å²) < 4.78 is 6.81. The SMILES string of the molecule is CCc1ccc(-c2[nH]nc(N)c2-c2ccc(Br)cc2)o1. The molecule has 0 aliphatic rings. The van der Waals surface area contributed by atoms with E-state index in [1.807, 2.05) is 36.4 Å². The number of nitrogen functional groups attached to an aromatic ring is 1. The number of rotatable bonds is 3. The average Bonchev–Trinajstić information content (AvgIpc) is 3.06. The highest BCUT2D eigenvalue weighted by molar-refractivity contribution is 9.10. The highest BCUT2D eigenvalue weighted by atomic mass is 79.9. The number of nitrogens with zero attached hydrogens (tertiary/aromatic N) is 1. The Balaban J connectivity index is 2.11. The van der Waals surface area contributed by atoms with E-state index in [-0.39, 0.29) is 0 Å². The molecule has 4 nitrogen and oxygen atoms in total. The van der Waals surface area contributed by atoms with Crippen molar-refractivity contribution in [3.05, 3.63) is 46.6 Å². The predicted molar refractivity (Wildman–Crippen MR) is 83.2 cm³/mol. The minimum absolute atomic E-state index is 0.469.